The number of aliphatic carboxylic acids is 1. The lowest BCUT2D eigenvalue weighted by Gasteiger charge is -2.24. The molecule has 0 saturated carbocycles. The first-order valence-corrected chi connectivity index (χ1v) is 6.26. The first kappa shape index (κ1) is 15.3. The van der Waals surface area contributed by atoms with Crippen LogP contribution in [0, 0.1) is 0 Å². The van der Waals surface area contributed by atoms with Gasteiger partial charge >= 0.3 is 5.97 Å². The highest BCUT2D eigenvalue weighted by molar-refractivity contribution is 5.69. The Bertz CT molecular complexity index is 406. The summed E-state index contributed by atoms with van der Waals surface area (Å²) in [5.41, 5.74) is 0. The van der Waals surface area contributed by atoms with Crippen molar-refractivity contribution in [1.29, 1.82) is 0 Å². The highest BCUT2D eigenvalue weighted by atomic mass is 16.5. The molecule has 1 aromatic carbocycles. The average Bonchev–Trinajstić information content (AvgIpc) is 2.37. The Balaban J connectivity index is 2.49. The number of hydrogen-bond donors (Lipinski definition) is 1. The average molecular weight is 267 g/mol. The maximum absolute atomic E-state index is 10.7. The van der Waals surface area contributed by atoms with Crippen LogP contribution >= 0.6 is 0 Å². The minimum atomic E-state index is -0.828. The third-order valence-electron chi connectivity index (χ3n) is 2.77. The van der Waals surface area contributed by atoms with Gasteiger partial charge in [0.2, 0.25) is 0 Å². The number of methoxy groups -OCH3 is 1. The second-order valence-corrected chi connectivity index (χ2v) is 4.46. The number of rotatable bonds is 8. The molecule has 1 rings (SSSR count). The van der Waals surface area contributed by atoms with Crippen molar-refractivity contribution in [1.82, 2.24) is 4.90 Å². The van der Waals surface area contributed by atoms with Crippen molar-refractivity contribution >= 4 is 5.97 Å². The van der Waals surface area contributed by atoms with Crippen LogP contribution in [0.2, 0.25) is 0 Å². The van der Waals surface area contributed by atoms with Gasteiger partial charge in [-0.1, -0.05) is 12.1 Å². The summed E-state index contributed by atoms with van der Waals surface area (Å²) < 4.78 is 10.8. The van der Waals surface area contributed by atoms with Crippen LogP contribution in [0.4, 0.5) is 0 Å². The zero-order chi connectivity index (χ0) is 14.3. The van der Waals surface area contributed by atoms with Crippen molar-refractivity contribution in [3.05, 3.63) is 24.3 Å². The Labute approximate surface area is 113 Å². The first-order valence-electron chi connectivity index (χ1n) is 6.26. The molecule has 0 bridgehead atoms. The van der Waals surface area contributed by atoms with E-state index in [0.717, 1.165) is 0 Å². The summed E-state index contributed by atoms with van der Waals surface area (Å²) in [4.78, 5) is 12.6. The van der Waals surface area contributed by atoms with E-state index in [0.29, 0.717) is 24.7 Å². The lowest BCUT2D eigenvalue weighted by atomic mass is 10.3. The standard InChI is InChI=1S/C14H21NO4/c1-11(2)15(10-14(16)17)8-9-19-13-7-5-4-6-12(13)18-3/h4-7,11H,8-10H2,1-3H3,(H,16,17). The Morgan fingerprint density at radius 2 is 1.95 bits per heavy atom. The fourth-order valence-corrected chi connectivity index (χ4v) is 1.70. The van der Waals surface area contributed by atoms with Crippen LogP contribution in [0.25, 0.3) is 0 Å². The molecule has 0 aliphatic carbocycles. The molecule has 0 radical (unpaired) electrons. The molecule has 0 atom stereocenters. The predicted octanol–water partition coefficient (Wildman–Crippen LogP) is 1.87. The molecule has 0 heterocycles. The lowest BCUT2D eigenvalue weighted by Crippen LogP contribution is -2.38. The molecule has 1 N–H and O–H groups in total. The zero-order valence-corrected chi connectivity index (χ0v) is 11.6. The molecular formula is C14H21NO4. The topological polar surface area (TPSA) is 59.0 Å². The van der Waals surface area contributed by atoms with Crippen molar-refractivity contribution in [3.63, 3.8) is 0 Å². The summed E-state index contributed by atoms with van der Waals surface area (Å²) in [6, 6.07) is 7.56. The van der Waals surface area contributed by atoms with E-state index >= 15 is 0 Å². The van der Waals surface area contributed by atoms with Gasteiger partial charge in [0.1, 0.15) is 6.61 Å². The van der Waals surface area contributed by atoms with Crippen molar-refractivity contribution in [2.45, 2.75) is 19.9 Å². The van der Waals surface area contributed by atoms with Crippen LogP contribution in [-0.4, -0.2) is 48.8 Å². The number of benzene rings is 1. The fourth-order valence-electron chi connectivity index (χ4n) is 1.70. The van der Waals surface area contributed by atoms with Gasteiger partial charge in [-0.2, -0.15) is 0 Å². The molecule has 1 aromatic rings. The fraction of sp³-hybridized carbons (Fsp3) is 0.500. The molecule has 106 valence electrons. The second-order valence-electron chi connectivity index (χ2n) is 4.46. The van der Waals surface area contributed by atoms with E-state index in [1.807, 2.05) is 43.0 Å². The van der Waals surface area contributed by atoms with Crippen LogP contribution in [0.15, 0.2) is 24.3 Å². The molecule has 0 saturated heterocycles. The first-order chi connectivity index (χ1) is 9.04. The molecule has 0 aromatic heterocycles. The maximum Gasteiger partial charge on any atom is 0.317 e. The summed E-state index contributed by atoms with van der Waals surface area (Å²) in [5, 5.41) is 8.83. The van der Waals surface area contributed by atoms with Crippen molar-refractivity contribution in [3.8, 4) is 11.5 Å². The van der Waals surface area contributed by atoms with E-state index in [4.69, 9.17) is 14.6 Å². The summed E-state index contributed by atoms with van der Waals surface area (Å²) in [6.45, 7) is 4.93. The molecule has 19 heavy (non-hydrogen) atoms. The lowest BCUT2D eigenvalue weighted by molar-refractivity contribution is -0.138. The molecule has 0 aliphatic rings. The summed E-state index contributed by atoms with van der Waals surface area (Å²) in [6.07, 6.45) is 0. The number of para-hydroxylation sites is 2. The van der Waals surface area contributed by atoms with Crippen LogP contribution in [0.1, 0.15) is 13.8 Å². The van der Waals surface area contributed by atoms with Gasteiger partial charge in [-0.05, 0) is 26.0 Å². The number of carbonyl (C=O) groups is 1. The number of carboxylic acid groups (broad SMARTS) is 1. The third kappa shape index (κ3) is 5.18. The molecule has 0 aliphatic heterocycles. The van der Waals surface area contributed by atoms with Crippen LogP contribution < -0.4 is 9.47 Å². The number of nitrogens with zero attached hydrogens (tertiary/aromatic N) is 1. The van der Waals surface area contributed by atoms with Gasteiger partial charge in [-0.25, -0.2) is 0 Å². The molecule has 5 heteroatoms. The number of ether oxygens (including phenoxy) is 2. The zero-order valence-electron chi connectivity index (χ0n) is 11.6. The van der Waals surface area contributed by atoms with E-state index in [2.05, 4.69) is 0 Å². The highest BCUT2D eigenvalue weighted by Crippen LogP contribution is 2.25. The Hall–Kier alpha value is -1.75. The Morgan fingerprint density at radius 3 is 2.47 bits per heavy atom. The van der Waals surface area contributed by atoms with Crippen molar-refractivity contribution in [2.24, 2.45) is 0 Å². The van der Waals surface area contributed by atoms with Gasteiger partial charge in [0.25, 0.3) is 0 Å². The molecular weight excluding hydrogens is 246 g/mol. The van der Waals surface area contributed by atoms with Gasteiger partial charge < -0.3 is 14.6 Å². The summed E-state index contributed by atoms with van der Waals surface area (Å²) in [7, 11) is 1.59. The van der Waals surface area contributed by atoms with Crippen molar-refractivity contribution < 1.29 is 19.4 Å². The molecule has 5 nitrogen and oxygen atoms in total. The molecule has 0 amide bonds. The monoisotopic (exact) mass is 267 g/mol. The minimum absolute atomic E-state index is 0.0208. The van der Waals surface area contributed by atoms with E-state index < -0.39 is 5.97 Å². The third-order valence-corrected chi connectivity index (χ3v) is 2.77. The SMILES string of the molecule is COc1ccccc1OCCN(CC(=O)O)C(C)C. The maximum atomic E-state index is 10.7. The van der Waals surface area contributed by atoms with E-state index in [-0.39, 0.29) is 12.6 Å². The minimum Gasteiger partial charge on any atom is -0.493 e. The largest absolute Gasteiger partial charge is 0.493 e. The van der Waals surface area contributed by atoms with Crippen molar-refractivity contribution in [2.75, 3.05) is 26.8 Å². The number of hydrogen-bond acceptors (Lipinski definition) is 4. The predicted molar refractivity (Wildman–Crippen MR) is 72.8 cm³/mol. The molecule has 0 fully saturated rings. The van der Waals surface area contributed by atoms with Crippen LogP contribution in [-0.2, 0) is 4.79 Å². The van der Waals surface area contributed by atoms with Gasteiger partial charge in [0.15, 0.2) is 11.5 Å². The van der Waals surface area contributed by atoms with Gasteiger partial charge in [0.05, 0.1) is 13.7 Å². The quantitative estimate of drug-likeness (QED) is 0.779. The molecule has 0 spiro atoms. The van der Waals surface area contributed by atoms with Gasteiger partial charge in [-0.3, -0.25) is 9.69 Å². The smallest absolute Gasteiger partial charge is 0.317 e. The second kappa shape index (κ2) is 7.63. The van der Waals surface area contributed by atoms with Crippen LogP contribution in [0.5, 0.6) is 11.5 Å². The Kier molecular flexibility index (Phi) is 6.15. The van der Waals surface area contributed by atoms with Gasteiger partial charge in [-0.15, -0.1) is 0 Å². The van der Waals surface area contributed by atoms with E-state index in [9.17, 15) is 4.79 Å². The van der Waals surface area contributed by atoms with Crippen LogP contribution in [0.3, 0.4) is 0 Å². The number of carboxylic acids is 1. The Morgan fingerprint density at radius 1 is 1.32 bits per heavy atom. The van der Waals surface area contributed by atoms with Gasteiger partial charge in [0, 0.05) is 12.6 Å². The molecule has 0 unspecified atom stereocenters. The summed E-state index contributed by atoms with van der Waals surface area (Å²) in [5.74, 6) is 0.520. The summed E-state index contributed by atoms with van der Waals surface area (Å²) >= 11 is 0. The highest BCUT2D eigenvalue weighted by Gasteiger charge is 2.13. The van der Waals surface area contributed by atoms with E-state index in [1.54, 1.807) is 7.11 Å². The normalized spacial score (nSPS) is 10.8. The van der Waals surface area contributed by atoms with E-state index in [1.165, 1.54) is 0 Å².